The van der Waals surface area contributed by atoms with E-state index in [0.29, 0.717) is 18.2 Å². The molecule has 5 aromatic carbocycles. The van der Waals surface area contributed by atoms with Crippen molar-refractivity contribution in [1.82, 2.24) is 15.0 Å². The summed E-state index contributed by atoms with van der Waals surface area (Å²) in [5.41, 5.74) is -3.05. The van der Waals surface area contributed by atoms with Gasteiger partial charge in [0.15, 0.2) is 0 Å². The van der Waals surface area contributed by atoms with E-state index in [9.17, 15) is 62.1 Å². The van der Waals surface area contributed by atoms with Gasteiger partial charge in [0, 0.05) is 11.1 Å². The molecule has 0 aliphatic carbocycles. The molecule has 0 saturated carbocycles. The molecule has 0 fully saturated rings. The molecule has 63 heavy (non-hydrogen) atoms. The van der Waals surface area contributed by atoms with Crippen LogP contribution in [0.5, 0.6) is 5.75 Å². The molecule has 0 saturated heterocycles. The molecule has 306 valence electrons. The van der Waals surface area contributed by atoms with E-state index in [2.05, 4.69) is 40.5 Å². The van der Waals surface area contributed by atoms with E-state index in [-0.39, 0.29) is 152 Å². The summed E-state index contributed by atoms with van der Waals surface area (Å²) >= 11 is 6.07. The monoisotopic (exact) mass is 994 g/mol. The summed E-state index contributed by atoms with van der Waals surface area (Å²) in [5.74, 6) is -2.69. The first-order chi connectivity index (χ1) is 27.5. The Morgan fingerprint density at radius 1 is 0.698 bits per heavy atom. The van der Waals surface area contributed by atoms with E-state index in [4.69, 9.17) is 11.6 Å². The summed E-state index contributed by atoms with van der Waals surface area (Å²) in [6.45, 7) is 0. The number of aromatic nitrogens is 3. The van der Waals surface area contributed by atoms with Crippen LogP contribution >= 0.6 is 11.6 Å². The topological polar surface area (TPSA) is 372 Å². The van der Waals surface area contributed by atoms with Crippen molar-refractivity contribution in [3.63, 3.8) is 0 Å². The largest absolute Gasteiger partial charge is 1.00 e. The van der Waals surface area contributed by atoms with Crippen LogP contribution in [0, 0.1) is 0 Å². The minimum atomic E-state index is -5.45. The third-order valence-electron chi connectivity index (χ3n) is 7.64. The van der Waals surface area contributed by atoms with E-state index >= 15 is 0 Å². The maximum Gasteiger partial charge on any atom is 1.00 e. The zero-order valence-corrected chi connectivity index (χ0v) is 44.7. The van der Waals surface area contributed by atoms with E-state index in [0.717, 1.165) is 30.3 Å². The van der Waals surface area contributed by atoms with Crippen LogP contribution in [0.3, 0.4) is 0 Å². The van der Waals surface area contributed by atoms with Crippen molar-refractivity contribution in [3.05, 3.63) is 107 Å². The van der Waals surface area contributed by atoms with Gasteiger partial charge in [0.25, 0.3) is 20.2 Å². The number of H-pyrrole nitrogens is 1. The van der Waals surface area contributed by atoms with Gasteiger partial charge < -0.3 is 24.6 Å². The molecule has 31 heteroatoms. The molecule has 22 nitrogen and oxygen atoms in total. The molecule has 0 unspecified atom stereocenters. The fourth-order valence-electron chi connectivity index (χ4n) is 5.11. The molecule has 1 aromatic heterocycles. The number of hydrogen-bond donors (Lipinski definition) is 4. The van der Waals surface area contributed by atoms with Crippen molar-refractivity contribution < 1.29 is 180 Å². The Balaban J connectivity index is 0.00000341. The Labute approximate surface area is 450 Å². The first-order valence-electron chi connectivity index (χ1n) is 15.6. The van der Waals surface area contributed by atoms with Crippen molar-refractivity contribution >= 4 is 103 Å². The quantitative estimate of drug-likeness (QED) is 0.0308. The van der Waals surface area contributed by atoms with Crippen LogP contribution in [-0.2, 0) is 40.5 Å². The first kappa shape index (κ1) is 56.9. The fourth-order valence-corrected chi connectivity index (χ4v) is 7.53. The number of fused-ring (bicyclic) bond motifs is 1. The van der Waals surface area contributed by atoms with Gasteiger partial charge in [-0.1, -0.05) is 36.1 Å². The second kappa shape index (κ2) is 22.5. The van der Waals surface area contributed by atoms with Crippen molar-refractivity contribution in [1.29, 1.82) is 0 Å². The Morgan fingerprint density at radius 3 is 1.87 bits per heavy atom. The maximum absolute atomic E-state index is 14.0. The van der Waals surface area contributed by atoms with Gasteiger partial charge in [-0.2, -0.15) is 26.8 Å². The van der Waals surface area contributed by atoms with Crippen LogP contribution in [0.4, 0.5) is 34.4 Å². The summed E-state index contributed by atoms with van der Waals surface area (Å²) in [6.07, 6.45) is 0. The Hall–Kier alpha value is -2.23. The van der Waals surface area contributed by atoms with Crippen LogP contribution < -0.4 is 139 Å². The van der Waals surface area contributed by atoms with Crippen LogP contribution in [0.15, 0.2) is 131 Å². The smallest absolute Gasteiger partial charge is 0.870 e. The van der Waals surface area contributed by atoms with Gasteiger partial charge in [-0.25, -0.2) is 21.8 Å². The summed E-state index contributed by atoms with van der Waals surface area (Å²) in [7, 11) is -20.6. The molecule has 0 radical (unpaired) electrons. The standard InChI is InChI=1S/C32H23ClN8O14S4.4Na/c33-30-37-31(34-18-6-9-20(10-7-18)56(44,45)46)39-32(38-30)35-19-8-11-24(58(50,51)52)22(14-19)40-41-27-25(59(53,54)55)13-17-12-21(57(47,48)49)15-23(26(17)28(27)42)36-29(43)16-4-2-1-3-5-16;;;;/h1-15,42H,(H,36,43)(H,44,45,46)(H,47,48,49)(H,50,51,52)(H,53,54,55)(H2,34,35,37,38,39);;;;/q;4*+1/p-4. The summed E-state index contributed by atoms with van der Waals surface area (Å²) in [4.78, 5) is 14.6. The molecule has 0 bridgehead atoms. The van der Waals surface area contributed by atoms with Crippen molar-refractivity contribution in [2.75, 3.05) is 5.32 Å². The van der Waals surface area contributed by atoms with E-state index in [1.165, 1.54) is 36.4 Å². The van der Waals surface area contributed by atoms with Gasteiger partial charge in [-0.05, 0) is 89.1 Å². The minimum Gasteiger partial charge on any atom is -0.870 e. The molecule has 0 aliphatic heterocycles. The van der Waals surface area contributed by atoms with Gasteiger partial charge in [0.05, 0.1) is 26.9 Å². The SMILES string of the molecule is O=S(=O)([O-])c1ccc(Nc2nc(Cl)[nH]c(=Nc3ccc(S(=O)(=O)O)c(N=Nc4c(S(=O)(=O)O)cc5cc(S(=O)(=O)[O-])cc(N=C([O-])c6ccccc6)c5c4[O-])c3)n2)cc1.[Na+].[Na+].[Na+].[Na+]. The zero-order valence-electron chi connectivity index (χ0n) is 32.6. The first-order valence-corrected chi connectivity index (χ1v) is 21.7. The van der Waals surface area contributed by atoms with E-state index < -0.39 is 99.5 Å². The number of halogens is 1. The third-order valence-corrected chi connectivity index (χ3v) is 11.2. The van der Waals surface area contributed by atoms with Gasteiger partial charge in [-0.3, -0.25) is 19.1 Å². The van der Waals surface area contributed by atoms with Crippen LogP contribution in [0.1, 0.15) is 5.56 Å². The Kier molecular flexibility index (Phi) is 20.3. The third kappa shape index (κ3) is 14.4. The maximum atomic E-state index is 14.0. The zero-order chi connectivity index (χ0) is 43.1. The number of aliphatic imine (C=N–C) groups is 1. The number of benzene rings is 5. The van der Waals surface area contributed by atoms with Gasteiger partial charge in [0.1, 0.15) is 35.7 Å². The normalized spacial score (nSPS) is 12.5. The molecule has 6 aromatic rings. The summed E-state index contributed by atoms with van der Waals surface area (Å²) in [6, 6.07) is 16.0. The number of azo groups is 1. The van der Waals surface area contributed by atoms with Crippen molar-refractivity contribution in [3.8, 4) is 5.75 Å². The average molecular weight is 995 g/mol. The molecule has 0 amide bonds. The number of nitrogens with zero attached hydrogens (tertiary/aromatic N) is 6. The summed E-state index contributed by atoms with van der Waals surface area (Å²) < 4.78 is 139. The van der Waals surface area contributed by atoms with Gasteiger partial charge >= 0.3 is 118 Å². The minimum absolute atomic E-state index is 0. The Bertz CT molecular complexity index is 3300. The molecule has 4 N–H and O–H groups in total. The number of aromatic amines is 1. The van der Waals surface area contributed by atoms with Crippen LogP contribution in [-0.4, -0.2) is 72.7 Å². The predicted molar refractivity (Wildman–Crippen MR) is 199 cm³/mol. The van der Waals surface area contributed by atoms with Crippen molar-refractivity contribution in [2.24, 2.45) is 20.2 Å². The average Bonchev–Trinajstić information content (AvgIpc) is 3.13. The molecule has 0 atom stereocenters. The summed E-state index contributed by atoms with van der Waals surface area (Å²) in [5, 5.41) is 35.3. The van der Waals surface area contributed by atoms with E-state index in [1.54, 1.807) is 6.07 Å². The number of hydrogen-bond acceptors (Lipinski definition) is 19. The number of nitrogens with one attached hydrogen (secondary N) is 2. The Morgan fingerprint density at radius 2 is 1.30 bits per heavy atom. The second-order valence-corrected chi connectivity index (χ2v) is 17.5. The van der Waals surface area contributed by atoms with E-state index in [1.807, 2.05) is 0 Å². The fraction of sp³-hybridized carbons (Fsp3) is 0. The molecular formula is C32H19ClN8Na4O14S4. The van der Waals surface area contributed by atoms with Crippen LogP contribution in [0.25, 0.3) is 10.8 Å². The molecule has 0 aliphatic rings. The molecule has 1 heterocycles. The predicted octanol–water partition coefficient (Wildman–Crippen LogP) is -9.17. The molecule has 0 spiro atoms. The second-order valence-electron chi connectivity index (χ2n) is 11.6. The molecule has 6 rings (SSSR count). The van der Waals surface area contributed by atoms with Crippen LogP contribution in [0.2, 0.25) is 5.28 Å². The van der Waals surface area contributed by atoms with Gasteiger partial charge in [-0.15, -0.1) is 10.2 Å². The van der Waals surface area contributed by atoms with Crippen molar-refractivity contribution in [2.45, 2.75) is 19.6 Å². The molecular weight excluding hydrogens is 976 g/mol. The number of rotatable bonds is 11. The number of anilines is 2. The van der Waals surface area contributed by atoms with Gasteiger partial charge in [0.2, 0.25) is 16.9 Å².